The summed E-state index contributed by atoms with van der Waals surface area (Å²) in [6.07, 6.45) is 1.66. The number of para-hydroxylation sites is 1. The quantitative estimate of drug-likeness (QED) is 0.782. The molecule has 2 aromatic carbocycles. The Balaban J connectivity index is 1.59. The second-order valence-corrected chi connectivity index (χ2v) is 6.20. The van der Waals surface area contributed by atoms with E-state index in [1.165, 1.54) is 0 Å². The number of nitrogens with one attached hydrogen (secondary N) is 1. The van der Waals surface area contributed by atoms with Crippen LogP contribution in [0.25, 0.3) is 10.9 Å². The number of aromatic amines is 1. The number of aromatic nitrogens is 2. The topological polar surface area (TPSA) is 69.3 Å². The molecule has 2 amide bonds. The van der Waals surface area contributed by atoms with E-state index < -0.39 is 0 Å². The van der Waals surface area contributed by atoms with Crippen LogP contribution in [0.15, 0.2) is 48.7 Å². The number of aryl methyl sites for hydroxylation is 1. The lowest BCUT2D eigenvalue weighted by Crippen LogP contribution is -2.52. The molecule has 1 aliphatic heterocycles. The third-order valence-corrected chi connectivity index (χ3v) is 4.62. The average molecular weight is 334 g/mol. The minimum atomic E-state index is -0.120. The number of amides is 2. The number of H-pyrrole nitrogens is 1. The van der Waals surface area contributed by atoms with Crippen molar-refractivity contribution < 1.29 is 9.59 Å². The molecule has 1 fully saturated rings. The molecule has 25 heavy (non-hydrogen) atoms. The number of hydrogen-bond donors (Lipinski definition) is 1. The van der Waals surface area contributed by atoms with Crippen LogP contribution in [0.4, 0.5) is 5.69 Å². The molecule has 1 N–H and O–H groups in total. The first-order valence-corrected chi connectivity index (χ1v) is 8.22. The smallest absolute Gasteiger partial charge is 0.255 e. The Bertz CT molecular complexity index is 948. The van der Waals surface area contributed by atoms with Gasteiger partial charge in [0.2, 0.25) is 5.91 Å². The summed E-state index contributed by atoms with van der Waals surface area (Å²) < 4.78 is 0. The number of benzene rings is 2. The van der Waals surface area contributed by atoms with Gasteiger partial charge in [-0.2, -0.15) is 5.10 Å². The van der Waals surface area contributed by atoms with Crippen molar-refractivity contribution in [2.45, 2.75) is 6.92 Å². The molecule has 1 aliphatic rings. The van der Waals surface area contributed by atoms with Crippen LogP contribution in [0.1, 0.15) is 15.9 Å². The zero-order valence-electron chi connectivity index (χ0n) is 13.9. The van der Waals surface area contributed by atoms with Gasteiger partial charge in [0, 0.05) is 24.2 Å². The maximum atomic E-state index is 13.0. The normalized spacial score (nSPS) is 15.0. The van der Waals surface area contributed by atoms with Crippen molar-refractivity contribution in [2.75, 3.05) is 24.5 Å². The lowest BCUT2D eigenvalue weighted by Gasteiger charge is -2.34. The number of nitrogens with zero attached hydrogens (tertiary/aromatic N) is 3. The summed E-state index contributed by atoms with van der Waals surface area (Å²) in [7, 11) is 0. The number of carbonyl (C=O) groups is 2. The zero-order chi connectivity index (χ0) is 17.4. The van der Waals surface area contributed by atoms with Crippen LogP contribution < -0.4 is 4.90 Å². The van der Waals surface area contributed by atoms with Gasteiger partial charge >= 0.3 is 0 Å². The van der Waals surface area contributed by atoms with Crippen molar-refractivity contribution in [3.8, 4) is 0 Å². The van der Waals surface area contributed by atoms with Crippen LogP contribution in [-0.2, 0) is 4.79 Å². The Morgan fingerprint density at radius 3 is 2.68 bits per heavy atom. The van der Waals surface area contributed by atoms with Crippen molar-refractivity contribution in [1.82, 2.24) is 15.1 Å². The summed E-state index contributed by atoms with van der Waals surface area (Å²) in [6.45, 7) is 2.99. The molecule has 0 aliphatic carbocycles. The minimum Gasteiger partial charge on any atom is -0.327 e. The molecule has 1 saturated heterocycles. The average Bonchev–Trinajstić information content (AvgIpc) is 3.10. The van der Waals surface area contributed by atoms with Gasteiger partial charge in [0.1, 0.15) is 6.54 Å². The van der Waals surface area contributed by atoms with Gasteiger partial charge in [-0.25, -0.2) is 0 Å². The van der Waals surface area contributed by atoms with E-state index in [-0.39, 0.29) is 18.4 Å². The largest absolute Gasteiger partial charge is 0.327 e. The number of piperazine rings is 1. The number of carbonyl (C=O) groups excluding carboxylic acids is 2. The fourth-order valence-corrected chi connectivity index (χ4v) is 3.30. The zero-order valence-corrected chi connectivity index (χ0v) is 13.9. The summed E-state index contributed by atoms with van der Waals surface area (Å²) >= 11 is 0. The molecule has 0 atom stereocenters. The first-order chi connectivity index (χ1) is 12.1. The molecule has 0 saturated carbocycles. The van der Waals surface area contributed by atoms with Gasteiger partial charge < -0.3 is 9.80 Å². The van der Waals surface area contributed by atoms with Gasteiger partial charge in [0.25, 0.3) is 5.91 Å². The molecule has 0 unspecified atom stereocenters. The monoisotopic (exact) mass is 334 g/mol. The maximum Gasteiger partial charge on any atom is 0.255 e. The van der Waals surface area contributed by atoms with Gasteiger partial charge in [-0.1, -0.05) is 24.3 Å². The SMILES string of the molecule is Cc1ccc2[nH]ncc2c1C(=O)N1CCN(c2ccccc2)C(=O)C1. The summed E-state index contributed by atoms with van der Waals surface area (Å²) in [5, 5.41) is 7.71. The highest BCUT2D eigenvalue weighted by atomic mass is 16.2. The molecule has 0 radical (unpaired) electrons. The van der Waals surface area contributed by atoms with Gasteiger partial charge in [-0.05, 0) is 30.7 Å². The van der Waals surface area contributed by atoms with Crippen molar-refractivity contribution in [1.29, 1.82) is 0 Å². The molecular weight excluding hydrogens is 316 g/mol. The Morgan fingerprint density at radius 2 is 1.92 bits per heavy atom. The summed E-state index contributed by atoms with van der Waals surface area (Å²) in [5.41, 5.74) is 3.19. The van der Waals surface area contributed by atoms with Gasteiger partial charge in [-0.15, -0.1) is 0 Å². The van der Waals surface area contributed by atoms with Crippen LogP contribution in [0.2, 0.25) is 0 Å². The van der Waals surface area contributed by atoms with E-state index in [1.807, 2.05) is 49.4 Å². The molecule has 0 bridgehead atoms. The molecule has 2 heterocycles. The maximum absolute atomic E-state index is 13.0. The Labute approximate surface area is 145 Å². The van der Waals surface area contributed by atoms with Gasteiger partial charge in [0.15, 0.2) is 0 Å². The second-order valence-electron chi connectivity index (χ2n) is 6.20. The number of hydrogen-bond acceptors (Lipinski definition) is 3. The summed E-state index contributed by atoms with van der Waals surface area (Å²) in [5.74, 6) is -0.187. The van der Waals surface area contributed by atoms with E-state index >= 15 is 0 Å². The Hall–Kier alpha value is -3.15. The molecule has 6 heteroatoms. The standard InChI is InChI=1S/C19H18N4O2/c1-13-7-8-16-15(11-20-21-16)18(13)19(25)22-9-10-23(17(24)12-22)14-5-3-2-4-6-14/h2-8,11H,9-10,12H2,1H3,(H,20,21). The minimum absolute atomic E-state index is 0.0668. The lowest BCUT2D eigenvalue weighted by molar-refractivity contribution is -0.120. The van der Waals surface area contributed by atoms with Crippen molar-refractivity contribution in [2.24, 2.45) is 0 Å². The first kappa shape index (κ1) is 15.4. The highest BCUT2D eigenvalue weighted by Gasteiger charge is 2.30. The molecule has 6 nitrogen and oxygen atoms in total. The highest BCUT2D eigenvalue weighted by Crippen LogP contribution is 2.24. The van der Waals surface area contributed by atoms with E-state index in [0.717, 1.165) is 22.2 Å². The molecule has 3 aromatic rings. The molecule has 126 valence electrons. The third kappa shape index (κ3) is 2.65. The predicted octanol–water partition coefficient (Wildman–Crippen LogP) is 2.36. The first-order valence-electron chi connectivity index (χ1n) is 8.22. The molecule has 0 spiro atoms. The van der Waals surface area contributed by atoms with E-state index in [1.54, 1.807) is 16.0 Å². The van der Waals surface area contributed by atoms with Crippen molar-refractivity contribution >= 4 is 28.4 Å². The van der Waals surface area contributed by atoms with Crippen molar-refractivity contribution in [3.63, 3.8) is 0 Å². The van der Waals surface area contributed by atoms with Crippen LogP contribution in [0.3, 0.4) is 0 Å². The summed E-state index contributed by atoms with van der Waals surface area (Å²) in [6, 6.07) is 13.4. The van der Waals surface area contributed by atoms with E-state index in [4.69, 9.17) is 0 Å². The third-order valence-electron chi connectivity index (χ3n) is 4.62. The van der Waals surface area contributed by atoms with E-state index in [2.05, 4.69) is 10.2 Å². The van der Waals surface area contributed by atoms with Crippen LogP contribution >= 0.6 is 0 Å². The number of anilines is 1. The number of fused-ring (bicyclic) bond motifs is 1. The predicted molar refractivity (Wildman–Crippen MR) is 95.5 cm³/mol. The van der Waals surface area contributed by atoms with Crippen LogP contribution in [-0.4, -0.2) is 46.5 Å². The van der Waals surface area contributed by atoms with Crippen LogP contribution in [0, 0.1) is 6.92 Å². The fraction of sp³-hybridized carbons (Fsp3) is 0.211. The van der Waals surface area contributed by atoms with Crippen LogP contribution in [0.5, 0.6) is 0 Å². The molecule has 4 rings (SSSR count). The second kappa shape index (κ2) is 6.05. The van der Waals surface area contributed by atoms with Gasteiger partial charge in [0.05, 0.1) is 17.3 Å². The lowest BCUT2D eigenvalue weighted by atomic mass is 10.0. The van der Waals surface area contributed by atoms with Crippen molar-refractivity contribution in [3.05, 3.63) is 59.8 Å². The van der Waals surface area contributed by atoms with Gasteiger partial charge in [-0.3, -0.25) is 14.7 Å². The number of rotatable bonds is 2. The fourth-order valence-electron chi connectivity index (χ4n) is 3.30. The Morgan fingerprint density at radius 1 is 1.12 bits per heavy atom. The van der Waals surface area contributed by atoms with E-state index in [0.29, 0.717) is 18.7 Å². The van der Waals surface area contributed by atoms with E-state index in [9.17, 15) is 9.59 Å². The highest BCUT2D eigenvalue weighted by molar-refractivity contribution is 6.09. The molecule has 1 aromatic heterocycles. The summed E-state index contributed by atoms with van der Waals surface area (Å²) in [4.78, 5) is 28.9. The molecular formula is C19H18N4O2. The Kier molecular flexibility index (Phi) is 3.72.